The summed E-state index contributed by atoms with van der Waals surface area (Å²) in [4.78, 5) is 25.8. The molecule has 0 aliphatic heterocycles. The van der Waals surface area contributed by atoms with Crippen LogP contribution in [0.4, 0.5) is 11.4 Å². The van der Waals surface area contributed by atoms with Crippen LogP contribution in [0, 0.1) is 5.41 Å². The van der Waals surface area contributed by atoms with E-state index in [1.54, 1.807) is 66.7 Å². The van der Waals surface area contributed by atoms with Crippen molar-refractivity contribution >= 4 is 29.1 Å². The Bertz CT molecular complexity index is 1530. The fraction of sp³-hybridized carbons (Fsp3) is 0.156. The Kier molecular flexibility index (Phi) is 9.62. The number of hydrogen-bond donors (Lipinski definition) is 6. The van der Waals surface area contributed by atoms with E-state index in [1.165, 1.54) is 7.11 Å². The summed E-state index contributed by atoms with van der Waals surface area (Å²) < 4.78 is 11.5. The third kappa shape index (κ3) is 7.79. The number of hydrogen-bond acceptors (Lipinski definition) is 7. The number of carboxylic acid groups (broad SMARTS) is 1. The highest BCUT2D eigenvalue weighted by molar-refractivity contribution is 5.95. The summed E-state index contributed by atoms with van der Waals surface area (Å²) >= 11 is 0. The number of amidine groups is 1. The fourth-order valence-electron chi connectivity index (χ4n) is 4.28. The summed E-state index contributed by atoms with van der Waals surface area (Å²) in [5, 5.41) is 23.4. The van der Waals surface area contributed by atoms with Crippen molar-refractivity contribution in [3.8, 4) is 11.5 Å². The molecule has 0 saturated heterocycles. The van der Waals surface area contributed by atoms with Crippen LogP contribution in [0.3, 0.4) is 0 Å². The van der Waals surface area contributed by atoms with E-state index in [4.69, 9.17) is 26.4 Å². The highest BCUT2D eigenvalue weighted by atomic mass is 16.5. The first-order chi connectivity index (χ1) is 20.2. The topological polar surface area (TPSA) is 173 Å². The normalized spacial score (nSPS) is 12.0. The van der Waals surface area contributed by atoms with Gasteiger partial charge in [-0.1, -0.05) is 48.5 Å². The molecule has 0 spiro atoms. The first kappa shape index (κ1) is 29.5. The van der Waals surface area contributed by atoms with Crippen molar-refractivity contribution in [3.05, 3.63) is 119 Å². The number of carbonyl (C=O) groups excluding carboxylic acids is 1. The van der Waals surface area contributed by atoms with Gasteiger partial charge >= 0.3 is 5.97 Å². The Labute approximate surface area is 243 Å². The van der Waals surface area contributed by atoms with Crippen LogP contribution in [-0.4, -0.2) is 36.0 Å². The second-order valence-corrected chi connectivity index (χ2v) is 9.60. The zero-order chi connectivity index (χ0) is 30.1. The van der Waals surface area contributed by atoms with Crippen molar-refractivity contribution in [2.75, 3.05) is 18.2 Å². The van der Waals surface area contributed by atoms with Crippen molar-refractivity contribution in [1.29, 1.82) is 5.41 Å². The molecule has 10 nitrogen and oxygen atoms in total. The van der Waals surface area contributed by atoms with E-state index in [1.807, 2.05) is 30.3 Å². The maximum absolute atomic E-state index is 13.7. The molecular formula is C32H33N5O5. The van der Waals surface area contributed by atoms with Gasteiger partial charge < -0.3 is 36.7 Å². The average Bonchev–Trinajstić information content (AvgIpc) is 3.00. The maximum Gasteiger partial charge on any atom is 0.326 e. The molecule has 0 saturated carbocycles. The predicted molar refractivity (Wildman–Crippen MR) is 162 cm³/mol. The lowest BCUT2D eigenvalue weighted by Crippen LogP contribution is -2.45. The molecule has 2 atom stereocenters. The summed E-state index contributed by atoms with van der Waals surface area (Å²) in [5.41, 5.74) is 15.2. The average molecular weight is 568 g/mol. The van der Waals surface area contributed by atoms with E-state index in [2.05, 4.69) is 10.6 Å². The van der Waals surface area contributed by atoms with Crippen LogP contribution >= 0.6 is 0 Å². The van der Waals surface area contributed by atoms with Crippen LogP contribution in [0.1, 0.15) is 28.3 Å². The summed E-state index contributed by atoms with van der Waals surface area (Å²) in [5.74, 6) is -0.924. The highest BCUT2D eigenvalue weighted by Crippen LogP contribution is 2.32. The number of amides is 1. The van der Waals surface area contributed by atoms with Crippen LogP contribution < -0.4 is 31.6 Å². The van der Waals surface area contributed by atoms with Crippen LogP contribution in [0.2, 0.25) is 0 Å². The molecule has 0 heterocycles. The number of nitrogens with two attached hydrogens (primary N) is 2. The minimum absolute atomic E-state index is 0.0664. The first-order valence-corrected chi connectivity index (χ1v) is 13.2. The second-order valence-electron chi connectivity index (χ2n) is 9.60. The summed E-state index contributed by atoms with van der Waals surface area (Å²) in [6, 6.07) is 26.1. The minimum Gasteiger partial charge on any atom is -0.493 e. The molecule has 8 N–H and O–H groups in total. The van der Waals surface area contributed by atoms with Gasteiger partial charge in [0.2, 0.25) is 5.91 Å². The van der Waals surface area contributed by atoms with Gasteiger partial charge in [-0.2, -0.15) is 0 Å². The van der Waals surface area contributed by atoms with Crippen LogP contribution in [0.15, 0.2) is 97.1 Å². The van der Waals surface area contributed by atoms with Gasteiger partial charge in [0, 0.05) is 23.4 Å². The van der Waals surface area contributed by atoms with Gasteiger partial charge in [0.1, 0.15) is 24.5 Å². The van der Waals surface area contributed by atoms with Crippen molar-refractivity contribution in [2.24, 2.45) is 5.73 Å². The smallest absolute Gasteiger partial charge is 0.326 e. The molecule has 0 bridgehead atoms. The maximum atomic E-state index is 13.7. The monoisotopic (exact) mass is 567 g/mol. The standard InChI is InChI=1S/C32H33N5O5/c1-41-28-18-23(11-16-27(28)42-19-21-5-3-2-4-6-21)29(36-25-14-9-22(10-15-25)30(34)35)31(38)37-26(32(39)40)17-20-7-12-24(33)13-8-20/h2-16,18,26,29,36H,17,19,33H2,1H3,(H3,34,35)(H,37,38)(H,39,40)/t26-,29+/m0/s1. The number of ether oxygens (including phenoxy) is 2. The van der Waals surface area contributed by atoms with Gasteiger partial charge in [-0.15, -0.1) is 0 Å². The molecular weight excluding hydrogens is 534 g/mol. The summed E-state index contributed by atoms with van der Waals surface area (Å²) in [6.07, 6.45) is 0.0664. The third-order valence-electron chi connectivity index (χ3n) is 6.56. The van der Waals surface area contributed by atoms with Crippen molar-refractivity contribution in [2.45, 2.75) is 25.1 Å². The van der Waals surface area contributed by atoms with Gasteiger partial charge in [-0.05, 0) is 65.2 Å². The van der Waals surface area contributed by atoms with Crippen LogP contribution in [-0.2, 0) is 22.6 Å². The van der Waals surface area contributed by atoms with E-state index in [0.717, 1.165) is 5.56 Å². The number of carboxylic acids is 1. The fourth-order valence-corrected chi connectivity index (χ4v) is 4.28. The van der Waals surface area contributed by atoms with Crippen molar-refractivity contribution in [3.63, 3.8) is 0 Å². The Morgan fingerprint density at radius 2 is 1.60 bits per heavy atom. The molecule has 4 aromatic rings. The predicted octanol–water partition coefficient (Wildman–Crippen LogP) is 4.11. The number of aliphatic carboxylic acids is 1. The van der Waals surface area contributed by atoms with Crippen molar-refractivity contribution in [1.82, 2.24) is 5.32 Å². The van der Waals surface area contributed by atoms with Gasteiger partial charge in [0.15, 0.2) is 11.5 Å². The van der Waals surface area contributed by atoms with E-state index in [9.17, 15) is 14.7 Å². The molecule has 1 amide bonds. The molecule has 10 heteroatoms. The van der Waals surface area contributed by atoms with Gasteiger partial charge in [-0.3, -0.25) is 10.2 Å². The zero-order valence-corrected chi connectivity index (χ0v) is 23.0. The number of anilines is 2. The number of nitrogens with one attached hydrogen (secondary N) is 3. The lowest BCUT2D eigenvalue weighted by molar-refractivity contribution is -0.141. The van der Waals surface area contributed by atoms with E-state index < -0.39 is 24.0 Å². The van der Waals surface area contributed by atoms with Gasteiger partial charge in [0.05, 0.1) is 7.11 Å². The molecule has 0 aromatic heterocycles. The summed E-state index contributed by atoms with van der Waals surface area (Å²) in [7, 11) is 1.50. The number of nitrogen functional groups attached to an aromatic ring is 2. The molecule has 0 fully saturated rings. The Balaban J connectivity index is 1.61. The summed E-state index contributed by atoms with van der Waals surface area (Å²) in [6.45, 7) is 0.326. The number of carbonyl (C=O) groups is 2. The van der Waals surface area contributed by atoms with E-state index in [-0.39, 0.29) is 12.3 Å². The Morgan fingerprint density at radius 1 is 0.905 bits per heavy atom. The molecule has 0 radical (unpaired) electrons. The van der Waals surface area contributed by atoms with Gasteiger partial charge in [0.25, 0.3) is 0 Å². The SMILES string of the molecule is COc1cc([C@@H](Nc2ccc(C(=N)N)cc2)C(=O)N[C@@H](Cc2ccc(N)cc2)C(=O)O)ccc1OCc1ccccc1. The van der Waals surface area contributed by atoms with E-state index >= 15 is 0 Å². The van der Waals surface area contributed by atoms with E-state index in [0.29, 0.717) is 46.2 Å². The minimum atomic E-state index is -1.19. The quantitative estimate of drug-likeness (QED) is 0.0796. The molecule has 4 aromatic carbocycles. The molecule has 216 valence electrons. The zero-order valence-electron chi connectivity index (χ0n) is 23.0. The Hall–Kier alpha value is -5.51. The highest BCUT2D eigenvalue weighted by Gasteiger charge is 2.28. The third-order valence-corrected chi connectivity index (χ3v) is 6.56. The lowest BCUT2D eigenvalue weighted by atomic mass is 10.0. The first-order valence-electron chi connectivity index (χ1n) is 13.2. The lowest BCUT2D eigenvalue weighted by Gasteiger charge is -2.24. The molecule has 42 heavy (non-hydrogen) atoms. The molecule has 0 aliphatic rings. The molecule has 0 aliphatic carbocycles. The number of methoxy groups -OCH3 is 1. The van der Waals surface area contributed by atoms with Crippen LogP contribution in [0.5, 0.6) is 11.5 Å². The second kappa shape index (κ2) is 13.7. The largest absolute Gasteiger partial charge is 0.493 e. The molecule has 0 unspecified atom stereocenters. The number of rotatable bonds is 13. The molecule has 4 rings (SSSR count). The number of benzene rings is 4. The Morgan fingerprint density at radius 3 is 2.21 bits per heavy atom. The van der Waals surface area contributed by atoms with Gasteiger partial charge in [-0.25, -0.2) is 4.79 Å². The van der Waals surface area contributed by atoms with Crippen LogP contribution in [0.25, 0.3) is 0 Å². The van der Waals surface area contributed by atoms with Crippen molar-refractivity contribution < 1.29 is 24.2 Å².